The molecule has 0 saturated carbocycles. The summed E-state index contributed by atoms with van der Waals surface area (Å²) in [5.41, 5.74) is 1.41. The molecule has 11 heteroatoms. The normalized spacial score (nSPS) is 18.2. The maximum absolute atomic E-state index is 13.3. The molecule has 0 fully saturated rings. The lowest BCUT2D eigenvalue weighted by Crippen LogP contribution is -2.49. The van der Waals surface area contributed by atoms with Crippen molar-refractivity contribution < 1.29 is 28.6 Å². The van der Waals surface area contributed by atoms with Crippen LogP contribution in [0.4, 0.5) is 25.4 Å². The van der Waals surface area contributed by atoms with Crippen LogP contribution in [0.1, 0.15) is 33.3 Å². The number of benzene rings is 2. The van der Waals surface area contributed by atoms with Crippen LogP contribution in [-0.4, -0.2) is 77.8 Å². The number of ether oxygens (including phenoxy) is 1. The molecule has 0 aromatic heterocycles. The van der Waals surface area contributed by atoms with E-state index in [0.717, 1.165) is 0 Å². The van der Waals surface area contributed by atoms with Crippen LogP contribution in [-0.2, 0) is 11.2 Å². The summed E-state index contributed by atoms with van der Waals surface area (Å²) >= 11 is 0. The number of nitrogens with zero attached hydrogens (tertiary/aromatic N) is 2. The van der Waals surface area contributed by atoms with Crippen molar-refractivity contribution in [3.8, 4) is 5.75 Å². The maximum Gasteiger partial charge on any atom is 0.323 e. The number of carbonyl (C=O) groups excluding carboxylic acids is 3. The first-order valence-electron chi connectivity index (χ1n) is 13.0. The first kappa shape index (κ1) is 29.7. The van der Waals surface area contributed by atoms with Gasteiger partial charge in [0.1, 0.15) is 17.7 Å². The number of rotatable bonds is 7. The molecule has 0 bridgehead atoms. The molecular weight excluding hydrogens is 505 g/mol. The third kappa shape index (κ3) is 8.31. The SMILES string of the molecule is CC(C)NC(=O)N(C)C[C@H]1Oc2ccc(NC(=O)Nc3ccc(F)cc3)cc2CC(=O)N([C@H](C)CO)C[C@H]1C. The molecule has 1 aliphatic heterocycles. The van der Waals surface area contributed by atoms with Gasteiger partial charge in [0.2, 0.25) is 5.91 Å². The minimum atomic E-state index is -0.531. The number of aliphatic hydroxyl groups is 1. The summed E-state index contributed by atoms with van der Waals surface area (Å²) in [4.78, 5) is 41.6. The predicted molar refractivity (Wildman–Crippen MR) is 147 cm³/mol. The van der Waals surface area contributed by atoms with Gasteiger partial charge in [-0.2, -0.15) is 0 Å². The lowest BCUT2D eigenvalue weighted by atomic mass is 10.0. The van der Waals surface area contributed by atoms with E-state index in [0.29, 0.717) is 29.2 Å². The molecule has 0 saturated heterocycles. The van der Waals surface area contributed by atoms with Gasteiger partial charge < -0.3 is 35.6 Å². The monoisotopic (exact) mass is 543 g/mol. The zero-order chi connectivity index (χ0) is 28.7. The smallest absolute Gasteiger partial charge is 0.323 e. The predicted octanol–water partition coefficient (Wildman–Crippen LogP) is 3.67. The molecule has 2 aromatic carbocycles. The van der Waals surface area contributed by atoms with Gasteiger partial charge in [-0.3, -0.25) is 4.79 Å². The van der Waals surface area contributed by atoms with Crippen molar-refractivity contribution in [1.29, 1.82) is 0 Å². The topological polar surface area (TPSA) is 123 Å². The van der Waals surface area contributed by atoms with Gasteiger partial charge in [0.05, 0.1) is 25.6 Å². The lowest BCUT2D eigenvalue weighted by molar-refractivity contribution is -0.134. The zero-order valence-electron chi connectivity index (χ0n) is 23.0. The highest BCUT2D eigenvalue weighted by Gasteiger charge is 2.32. The average Bonchev–Trinajstić information content (AvgIpc) is 2.92. The Morgan fingerprint density at radius 2 is 1.77 bits per heavy atom. The second kappa shape index (κ2) is 13.3. The second-order valence-corrected chi connectivity index (χ2v) is 10.3. The van der Waals surface area contributed by atoms with E-state index in [-0.39, 0.29) is 43.5 Å². The molecule has 0 radical (unpaired) electrons. The molecule has 1 aliphatic rings. The number of hydrogen-bond donors (Lipinski definition) is 4. The molecule has 5 amide bonds. The van der Waals surface area contributed by atoms with Gasteiger partial charge in [-0.1, -0.05) is 6.92 Å². The van der Waals surface area contributed by atoms with Crippen LogP contribution < -0.4 is 20.7 Å². The Labute approximate surface area is 228 Å². The van der Waals surface area contributed by atoms with E-state index in [4.69, 9.17) is 4.74 Å². The van der Waals surface area contributed by atoms with E-state index in [2.05, 4.69) is 16.0 Å². The van der Waals surface area contributed by atoms with E-state index >= 15 is 0 Å². The molecule has 4 N–H and O–H groups in total. The average molecular weight is 544 g/mol. The van der Waals surface area contributed by atoms with Gasteiger partial charge in [-0.15, -0.1) is 0 Å². The van der Waals surface area contributed by atoms with Gasteiger partial charge in [0.15, 0.2) is 0 Å². The summed E-state index contributed by atoms with van der Waals surface area (Å²) in [6, 6.07) is 9.20. The van der Waals surface area contributed by atoms with Crippen molar-refractivity contribution in [3.63, 3.8) is 0 Å². The summed E-state index contributed by atoms with van der Waals surface area (Å²) in [6.45, 7) is 7.90. The number of hydrogen-bond acceptors (Lipinski definition) is 5. The molecule has 39 heavy (non-hydrogen) atoms. The van der Waals surface area contributed by atoms with Crippen LogP contribution >= 0.6 is 0 Å². The summed E-state index contributed by atoms with van der Waals surface area (Å²) in [6.07, 6.45) is -0.454. The standard InChI is InChI=1S/C28H38FN5O5/c1-17(2)30-28(38)33(5)15-25-18(3)14-34(19(4)16-35)26(36)13-20-12-23(10-11-24(20)39-25)32-27(37)31-22-8-6-21(29)7-9-22/h6-12,17-19,25,35H,13-16H2,1-5H3,(H,30,38)(H2,31,32,37)/t18-,19-,25-/m1/s1. The number of aliphatic hydroxyl groups excluding tert-OH is 1. The number of halogens is 1. The molecule has 0 spiro atoms. The highest BCUT2D eigenvalue weighted by Crippen LogP contribution is 2.29. The Morgan fingerprint density at radius 3 is 2.41 bits per heavy atom. The summed E-state index contributed by atoms with van der Waals surface area (Å²) in [7, 11) is 1.69. The molecule has 212 valence electrons. The first-order valence-corrected chi connectivity index (χ1v) is 13.0. The van der Waals surface area contributed by atoms with E-state index in [1.54, 1.807) is 42.0 Å². The summed E-state index contributed by atoms with van der Waals surface area (Å²) < 4.78 is 19.6. The van der Waals surface area contributed by atoms with Crippen molar-refractivity contribution >= 4 is 29.3 Å². The molecule has 3 rings (SSSR count). The molecule has 3 atom stereocenters. The van der Waals surface area contributed by atoms with Gasteiger partial charge in [-0.25, -0.2) is 14.0 Å². The largest absolute Gasteiger partial charge is 0.488 e. The molecule has 0 aliphatic carbocycles. The molecule has 10 nitrogen and oxygen atoms in total. The molecule has 0 unspecified atom stereocenters. The highest BCUT2D eigenvalue weighted by atomic mass is 19.1. The number of anilines is 2. The molecular formula is C28H38FN5O5. The lowest BCUT2D eigenvalue weighted by Gasteiger charge is -2.34. The Kier molecular flexibility index (Phi) is 10.1. The van der Waals surface area contributed by atoms with Gasteiger partial charge in [0, 0.05) is 42.5 Å². The van der Waals surface area contributed by atoms with E-state index in [1.165, 1.54) is 24.3 Å². The zero-order valence-corrected chi connectivity index (χ0v) is 23.0. The van der Waals surface area contributed by atoms with Crippen LogP contribution in [0.5, 0.6) is 5.75 Å². The third-order valence-electron chi connectivity index (χ3n) is 6.49. The van der Waals surface area contributed by atoms with Crippen LogP contribution in [0.15, 0.2) is 42.5 Å². The number of nitrogens with one attached hydrogen (secondary N) is 3. The van der Waals surface area contributed by atoms with Crippen LogP contribution in [0.2, 0.25) is 0 Å². The van der Waals surface area contributed by atoms with Crippen molar-refractivity contribution in [2.45, 2.75) is 52.3 Å². The number of fused-ring (bicyclic) bond motifs is 1. The summed E-state index contributed by atoms with van der Waals surface area (Å²) in [5.74, 6) is -0.289. The Bertz CT molecular complexity index is 1160. The maximum atomic E-state index is 13.3. The van der Waals surface area contributed by atoms with E-state index in [9.17, 15) is 23.9 Å². The van der Waals surface area contributed by atoms with E-state index in [1.807, 2.05) is 20.8 Å². The first-order chi connectivity index (χ1) is 18.5. The van der Waals surface area contributed by atoms with Crippen molar-refractivity contribution in [2.75, 3.05) is 37.4 Å². The van der Waals surface area contributed by atoms with Gasteiger partial charge in [0.25, 0.3) is 0 Å². The third-order valence-corrected chi connectivity index (χ3v) is 6.49. The summed E-state index contributed by atoms with van der Waals surface area (Å²) in [5, 5.41) is 18.0. The Morgan fingerprint density at radius 1 is 1.13 bits per heavy atom. The Hall–Kier alpha value is -3.86. The van der Waals surface area contributed by atoms with Crippen molar-refractivity contribution in [3.05, 3.63) is 53.8 Å². The second-order valence-electron chi connectivity index (χ2n) is 10.3. The number of carbonyl (C=O) groups is 3. The van der Waals surface area contributed by atoms with Crippen LogP contribution in [0, 0.1) is 11.7 Å². The van der Waals surface area contributed by atoms with E-state index < -0.39 is 24.0 Å². The minimum absolute atomic E-state index is 0.00209. The molecule has 1 heterocycles. The number of likely N-dealkylation sites (N-methyl/N-ethyl adjacent to an activating group) is 1. The minimum Gasteiger partial charge on any atom is -0.488 e. The number of amides is 5. The fourth-order valence-electron chi connectivity index (χ4n) is 4.26. The van der Waals surface area contributed by atoms with Gasteiger partial charge >= 0.3 is 12.1 Å². The van der Waals surface area contributed by atoms with Gasteiger partial charge in [-0.05, 0) is 63.2 Å². The molecule has 2 aromatic rings. The van der Waals surface area contributed by atoms with Crippen LogP contribution in [0.3, 0.4) is 0 Å². The fourth-order valence-corrected chi connectivity index (χ4v) is 4.26. The highest BCUT2D eigenvalue weighted by molar-refractivity contribution is 6.00. The quantitative estimate of drug-likeness (QED) is 0.424. The Balaban J connectivity index is 1.86. The number of urea groups is 2. The van der Waals surface area contributed by atoms with Crippen LogP contribution in [0.25, 0.3) is 0 Å². The fraction of sp³-hybridized carbons (Fsp3) is 0.464. The van der Waals surface area contributed by atoms with Crippen molar-refractivity contribution in [1.82, 2.24) is 15.1 Å². The van der Waals surface area contributed by atoms with Crippen molar-refractivity contribution in [2.24, 2.45) is 5.92 Å².